The van der Waals surface area contributed by atoms with Crippen LogP contribution in [0.1, 0.15) is 6.23 Å². The number of H-pyrrole nitrogens is 1. The van der Waals surface area contributed by atoms with Gasteiger partial charge in [0.2, 0.25) is 5.95 Å². The minimum Gasteiger partial charge on any atom is -0.783 e. The Kier molecular flexibility index (Phi) is 15.2. The van der Waals surface area contributed by atoms with Crippen molar-refractivity contribution < 1.29 is 89.5 Å². The van der Waals surface area contributed by atoms with Crippen LogP contribution in [0.15, 0.2) is 31.7 Å². The molecule has 0 amide bonds. The first-order chi connectivity index (χ1) is 20.5. The number of aromatic amines is 1. The third-order valence-electron chi connectivity index (χ3n) is 6.41. The maximum Gasteiger partial charge on any atom is 2.00 e. The summed E-state index contributed by atoms with van der Waals surface area (Å²) in [5.41, 5.74) is 9.54. The monoisotopic (exact) mass is 850 g/mol. The number of phosphoric ester groups is 2. The molecular weight excluding hydrogens is 818 g/mol. The molecule has 0 aromatic carbocycles. The normalized spacial score (nSPS) is 28.2. The third kappa shape index (κ3) is 9.32. The van der Waals surface area contributed by atoms with Gasteiger partial charge in [-0.05, 0) is 6.07 Å². The van der Waals surface area contributed by atoms with Gasteiger partial charge in [0.05, 0.1) is 25.4 Å². The molecule has 1 fully saturated rings. The number of nitrogen functional groups attached to an aromatic ring is 2. The number of hydrogen-bond acceptors (Lipinski definition) is 19. The number of nitrogens with two attached hydrogens (primary N) is 2. The number of ether oxygens (including phenoxy) is 2. The molecule has 9 atom stereocenters. The van der Waals surface area contributed by atoms with E-state index in [9.17, 15) is 38.7 Å². The van der Waals surface area contributed by atoms with Crippen molar-refractivity contribution in [3.05, 3.63) is 42.9 Å². The Morgan fingerprint density at radius 3 is 2.21 bits per heavy atom. The van der Waals surface area contributed by atoms with E-state index in [2.05, 4.69) is 34.4 Å². The fraction of sp³-hybridized carbons (Fsp3) is 0.474. The van der Waals surface area contributed by atoms with Gasteiger partial charge in [-0.3, -0.25) is 23.4 Å². The van der Waals surface area contributed by atoms with E-state index in [4.69, 9.17) is 50.7 Å². The summed E-state index contributed by atoms with van der Waals surface area (Å²) in [4.78, 5) is 54.2. The number of fused-ring (bicyclic) bond motifs is 2. The zero-order chi connectivity index (χ0) is 32.1. The predicted octanol–water partition coefficient (Wildman–Crippen LogP) is -5.18. The van der Waals surface area contributed by atoms with Crippen molar-refractivity contribution in [1.82, 2.24) is 19.5 Å². The number of aliphatic hydroxyl groups excluding tert-OH is 2. The summed E-state index contributed by atoms with van der Waals surface area (Å²) in [6.45, 7) is -1.72. The van der Waals surface area contributed by atoms with Crippen LogP contribution in [0.2, 0.25) is 0 Å². The molecule has 1 saturated heterocycles. The Hall–Kier alpha value is -2.19. The maximum absolute atomic E-state index is 12.5. The van der Waals surface area contributed by atoms with E-state index in [1.165, 1.54) is 6.07 Å². The second kappa shape index (κ2) is 16.7. The van der Waals surface area contributed by atoms with Crippen LogP contribution in [0.25, 0.3) is 0 Å². The van der Waals surface area contributed by atoms with Crippen molar-refractivity contribution in [2.45, 2.75) is 42.9 Å². The van der Waals surface area contributed by atoms with E-state index < -0.39 is 83.0 Å². The molecule has 0 bridgehead atoms. The van der Waals surface area contributed by atoms with E-state index in [-0.39, 0.29) is 70.6 Å². The van der Waals surface area contributed by atoms with Crippen LogP contribution in [0.3, 0.4) is 0 Å². The van der Waals surface area contributed by atoms with Gasteiger partial charge in [0.15, 0.2) is 18.3 Å². The molecule has 2 aromatic heterocycles. The van der Waals surface area contributed by atoms with E-state index in [0.29, 0.717) is 0 Å². The van der Waals surface area contributed by atoms with Crippen molar-refractivity contribution in [3.63, 3.8) is 0 Å². The zero-order valence-corrected chi connectivity index (χ0v) is 29.1. The molecule has 9 unspecified atom stereocenters. The molecule has 17 N–H and O–H groups in total. The molecule has 29 heteroatoms. The fourth-order valence-electron chi connectivity index (χ4n) is 4.38. The molecule has 5 heterocycles. The summed E-state index contributed by atoms with van der Waals surface area (Å²) in [6.07, 6.45) is -7.44. The fourth-order valence-corrected chi connectivity index (χ4v) is 7.03. The number of nitrogens with one attached hydrogen (secondary N) is 3. The molecule has 3 aliphatic heterocycles. The van der Waals surface area contributed by atoms with Crippen molar-refractivity contribution >= 4 is 64.2 Å². The Morgan fingerprint density at radius 1 is 0.958 bits per heavy atom. The van der Waals surface area contributed by atoms with E-state index >= 15 is 0 Å². The summed E-state index contributed by atoms with van der Waals surface area (Å²) in [5.74, 6) is -0.236. The topological polar surface area (TPSA) is 412 Å². The standard InChI is InChI=1S/C19H26N8O13P2S2.Mo.3H2O/c20-7-1-2-27(19(31)22-7)17-11(29)10(28)5(39-17)3-36-41(32,33)40-42(34,35)37-4-6-12(43)13(44)8-16(38-6)24-14-9(23-8)15(30)26-18(21)25-14;;;;/h1-2,5-6,8,10-11,16-17,23,28-29,43-44H,3-4H2,(H,32,33)(H,34,35)(H2,20,22,31)(H4,21,24,25,26,30);;3*1H2/q;+2;;;/p-2. The van der Waals surface area contributed by atoms with Gasteiger partial charge in [-0.2, -0.15) is 24.1 Å². The van der Waals surface area contributed by atoms with Crippen LogP contribution in [-0.4, -0.2) is 106 Å². The van der Waals surface area contributed by atoms with Crippen LogP contribution >= 0.6 is 15.6 Å². The van der Waals surface area contributed by atoms with Gasteiger partial charge in [0, 0.05) is 6.20 Å². The van der Waals surface area contributed by atoms with Gasteiger partial charge >= 0.3 is 42.4 Å². The molecular formula is C19H30MoN8O16P2S2. The molecule has 24 nitrogen and oxygen atoms in total. The van der Waals surface area contributed by atoms with Crippen LogP contribution in [-0.2, 0) is 78.3 Å². The molecule has 0 spiro atoms. The number of hydrogen-bond donors (Lipinski definition) is 9. The molecule has 5 rings (SSSR count). The second-order valence-corrected chi connectivity index (χ2v) is 13.3. The van der Waals surface area contributed by atoms with Crippen LogP contribution in [0.4, 0.5) is 23.3 Å². The average molecular weight is 849 g/mol. The summed E-state index contributed by atoms with van der Waals surface area (Å²) in [6, 6.07) is 0.424. The van der Waals surface area contributed by atoms with E-state index in [1.54, 1.807) is 0 Å². The Morgan fingerprint density at radius 2 is 1.58 bits per heavy atom. The zero-order valence-electron chi connectivity index (χ0n) is 23.7. The van der Waals surface area contributed by atoms with Crippen LogP contribution < -0.4 is 33.3 Å². The van der Waals surface area contributed by atoms with Gasteiger partial charge in [-0.25, -0.2) is 13.9 Å². The van der Waals surface area contributed by atoms with Crippen molar-refractivity contribution in [2.24, 2.45) is 0 Å². The Bertz CT molecular complexity index is 1710. The van der Waals surface area contributed by atoms with Crippen LogP contribution in [0.5, 0.6) is 0 Å². The third-order valence-corrected chi connectivity index (χ3v) is 10.1. The summed E-state index contributed by atoms with van der Waals surface area (Å²) < 4.78 is 50.7. The number of nitrogens with zero attached hydrogens (tertiary/aromatic N) is 3. The summed E-state index contributed by atoms with van der Waals surface area (Å²) in [7, 11) is -10.7. The first-order valence-corrected chi connectivity index (χ1v) is 16.0. The molecule has 0 aliphatic carbocycles. The maximum atomic E-state index is 12.5. The minimum absolute atomic E-state index is 0. The Balaban J connectivity index is 0.00000288. The van der Waals surface area contributed by atoms with Crippen molar-refractivity contribution in [1.29, 1.82) is 0 Å². The van der Waals surface area contributed by atoms with Crippen LogP contribution in [0, 0.1) is 0 Å². The number of aromatic nitrogens is 4. The Labute approximate surface area is 293 Å². The first-order valence-electron chi connectivity index (χ1n) is 12.2. The van der Waals surface area contributed by atoms with Gasteiger partial charge in [-0.1, -0.05) is 0 Å². The van der Waals surface area contributed by atoms with Crippen molar-refractivity contribution in [2.75, 3.05) is 35.3 Å². The van der Waals surface area contributed by atoms with E-state index in [1.807, 2.05) is 0 Å². The van der Waals surface area contributed by atoms with Crippen molar-refractivity contribution in [3.8, 4) is 0 Å². The van der Waals surface area contributed by atoms with Gasteiger partial charge in [0.25, 0.3) is 5.56 Å². The number of anilines is 4. The quantitative estimate of drug-likeness (QED) is 0.0647. The van der Waals surface area contributed by atoms with Gasteiger partial charge < -0.3 is 93.3 Å². The molecule has 0 saturated carbocycles. The number of phosphoric acid groups is 2. The summed E-state index contributed by atoms with van der Waals surface area (Å²) >= 11 is 10.7. The molecule has 270 valence electrons. The molecule has 3 aliphatic rings. The smallest absolute Gasteiger partial charge is 0.783 e. The predicted molar refractivity (Wildman–Crippen MR) is 163 cm³/mol. The van der Waals surface area contributed by atoms with Gasteiger partial charge in [0.1, 0.15) is 29.8 Å². The average Bonchev–Trinajstić information content (AvgIpc) is 3.20. The first kappa shape index (κ1) is 43.8. The SMILES string of the molecule is Nc1ccn(C2OC(COP(=O)(O)OP(=O)(O)OCC3OC4Nc5nc(N)[nH]c(=O)c5NC4C([S-])=C3[S-])C(O)C2O)c(=O)n1.O.O.O.[Mo+2]. The molecule has 0 radical (unpaired) electrons. The van der Waals surface area contributed by atoms with Gasteiger partial charge in [-0.15, -0.1) is 0 Å². The second-order valence-electron chi connectivity index (χ2n) is 9.41. The minimum atomic E-state index is -5.37. The largest absolute Gasteiger partial charge is 2.00 e. The van der Waals surface area contributed by atoms with E-state index in [0.717, 1.165) is 10.8 Å². The number of aliphatic hydroxyl groups is 2. The molecule has 48 heavy (non-hydrogen) atoms. The number of rotatable bonds is 9. The summed E-state index contributed by atoms with van der Waals surface area (Å²) in [5, 5.41) is 26.2. The molecule has 2 aromatic rings.